The van der Waals surface area contributed by atoms with Gasteiger partial charge in [-0.15, -0.1) is 0 Å². The van der Waals surface area contributed by atoms with Crippen LogP contribution in [0.25, 0.3) is 0 Å². The Morgan fingerprint density at radius 3 is 1.37 bits per heavy atom. The van der Waals surface area contributed by atoms with Gasteiger partial charge in [0.25, 0.3) is 0 Å². The molecule has 0 aromatic heterocycles. The van der Waals surface area contributed by atoms with Crippen LogP contribution in [-0.2, 0) is 10.1 Å². The van der Waals surface area contributed by atoms with E-state index in [1.165, 1.54) is 64.2 Å². The number of unbranched alkanes of at least 4 members (excludes halogenated alkanes) is 13. The molecule has 0 fully saturated rings. The number of aliphatic hydroxyl groups is 1. The van der Waals surface area contributed by atoms with Crippen molar-refractivity contribution in [3.05, 3.63) is 0 Å². The first-order valence-corrected chi connectivity index (χ1v) is 14.0. The molecule has 0 aliphatic rings. The SMILES string of the molecule is CCCCCCCCCCCCCC(O)CCCCCC(CCCC)S(=O)(=O)[O-].[Na+]. The van der Waals surface area contributed by atoms with Crippen molar-refractivity contribution in [2.75, 3.05) is 0 Å². The van der Waals surface area contributed by atoms with Crippen molar-refractivity contribution < 1.29 is 47.6 Å². The molecule has 0 rings (SSSR count). The van der Waals surface area contributed by atoms with Crippen molar-refractivity contribution in [2.24, 2.45) is 0 Å². The van der Waals surface area contributed by atoms with E-state index in [2.05, 4.69) is 6.92 Å². The van der Waals surface area contributed by atoms with E-state index in [0.717, 1.165) is 51.4 Å². The molecule has 0 bridgehead atoms. The Bertz CT molecular complexity index is 442. The van der Waals surface area contributed by atoms with Gasteiger partial charge >= 0.3 is 29.6 Å². The maximum Gasteiger partial charge on any atom is 1.00 e. The van der Waals surface area contributed by atoms with Gasteiger partial charge in [0.1, 0.15) is 0 Å². The summed E-state index contributed by atoms with van der Waals surface area (Å²) in [6, 6.07) is 0. The standard InChI is InChI=1S/C24H50O4S.Na/c1-3-5-7-8-9-10-11-12-13-14-16-19-23(25)20-17-15-18-22-24(21-6-4-2)29(26,27)28;/h23-25H,3-22H2,1-2H3,(H,26,27,28);/q;+1/p-1. The van der Waals surface area contributed by atoms with Crippen LogP contribution >= 0.6 is 0 Å². The topological polar surface area (TPSA) is 77.4 Å². The summed E-state index contributed by atoms with van der Waals surface area (Å²) < 4.78 is 33.9. The minimum Gasteiger partial charge on any atom is -0.748 e. The largest absolute Gasteiger partial charge is 1.00 e. The van der Waals surface area contributed by atoms with Crippen molar-refractivity contribution in [1.29, 1.82) is 0 Å². The fourth-order valence-electron chi connectivity index (χ4n) is 3.98. The molecule has 0 amide bonds. The molecular weight excluding hydrogens is 407 g/mol. The summed E-state index contributed by atoms with van der Waals surface area (Å²) in [5.41, 5.74) is 0. The molecule has 0 aliphatic carbocycles. The smallest absolute Gasteiger partial charge is 0.748 e. The molecule has 176 valence electrons. The maximum atomic E-state index is 11.3. The first-order valence-electron chi connectivity index (χ1n) is 12.5. The van der Waals surface area contributed by atoms with Crippen molar-refractivity contribution in [3.8, 4) is 0 Å². The van der Waals surface area contributed by atoms with Crippen LogP contribution in [-0.4, -0.2) is 29.4 Å². The summed E-state index contributed by atoms with van der Waals surface area (Å²) in [5, 5.41) is 9.38. The van der Waals surface area contributed by atoms with Crippen LogP contribution in [0.4, 0.5) is 0 Å². The van der Waals surface area contributed by atoms with Gasteiger partial charge in [-0.25, -0.2) is 8.42 Å². The van der Waals surface area contributed by atoms with E-state index in [1.54, 1.807) is 0 Å². The first-order chi connectivity index (χ1) is 13.9. The fraction of sp³-hybridized carbons (Fsp3) is 1.00. The van der Waals surface area contributed by atoms with Gasteiger partial charge in [0.15, 0.2) is 0 Å². The zero-order valence-electron chi connectivity index (χ0n) is 20.4. The molecule has 0 heterocycles. The predicted octanol–water partition coefficient (Wildman–Crippen LogP) is 4.11. The van der Waals surface area contributed by atoms with Gasteiger partial charge in [-0.1, -0.05) is 117 Å². The Morgan fingerprint density at radius 1 is 0.600 bits per heavy atom. The number of hydrogen-bond acceptors (Lipinski definition) is 4. The molecule has 6 heteroatoms. The van der Waals surface area contributed by atoms with Gasteiger partial charge < -0.3 is 9.66 Å². The predicted molar refractivity (Wildman–Crippen MR) is 123 cm³/mol. The Labute approximate surface area is 210 Å². The first kappa shape index (κ1) is 33.0. The van der Waals surface area contributed by atoms with E-state index in [0.29, 0.717) is 12.8 Å². The van der Waals surface area contributed by atoms with Gasteiger partial charge in [0.05, 0.1) is 16.2 Å². The Hall–Kier alpha value is 0.870. The molecule has 0 aliphatic heterocycles. The maximum absolute atomic E-state index is 11.3. The van der Waals surface area contributed by atoms with Gasteiger partial charge in [-0.2, -0.15) is 0 Å². The van der Waals surface area contributed by atoms with E-state index in [9.17, 15) is 18.1 Å². The summed E-state index contributed by atoms with van der Waals surface area (Å²) in [5.74, 6) is 0. The van der Waals surface area contributed by atoms with E-state index >= 15 is 0 Å². The molecule has 4 nitrogen and oxygen atoms in total. The van der Waals surface area contributed by atoms with Crippen LogP contribution in [0.15, 0.2) is 0 Å². The third-order valence-electron chi connectivity index (χ3n) is 5.99. The van der Waals surface area contributed by atoms with E-state index in [4.69, 9.17) is 0 Å². The fourth-order valence-corrected chi connectivity index (χ4v) is 4.89. The monoisotopic (exact) mass is 456 g/mol. The van der Waals surface area contributed by atoms with Crippen LogP contribution < -0.4 is 29.6 Å². The summed E-state index contributed by atoms with van der Waals surface area (Å²) in [6.45, 7) is 4.26. The van der Waals surface area contributed by atoms with Crippen LogP contribution in [0.3, 0.4) is 0 Å². The summed E-state index contributed by atoms with van der Waals surface area (Å²) >= 11 is 0. The number of hydrogen-bond donors (Lipinski definition) is 1. The number of aliphatic hydroxyl groups excluding tert-OH is 1. The summed E-state index contributed by atoms with van der Waals surface area (Å²) in [6.07, 6.45) is 21.2. The van der Waals surface area contributed by atoms with Crippen molar-refractivity contribution in [2.45, 2.75) is 154 Å². The molecular formula is C24H49NaO4S. The third-order valence-corrected chi connectivity index (χ3v) is 7.28. The number of rotatable bonds is 22. The molecule has 0 aromatic carbocycles. The summed E-state index contributed by atoms with van der Waals surface area (Å²) in [4.78, 5) is 0. The van der Waals surface area contributed by atoms with Crippen molar-refractivity contribution >= 4 is 10.1 Å². The van der Waals surface area contributed by atoms with Gasteiger partial charge in [-0.3, -0.25) is 0 Å². The Kier molecular flexibility index (Phi) is 25.4. The molecule has 0 saturated heterocycles. The second-order valence-electron chi connectivity index (χ2n) is 8.87. The molecule has 2 unspecified atom stereocenters. The molecule has 0 saturated carbocycles. The molecule has 2 atom stereocenters. The molecule has 1 N–H and O–H groups in total. The van der Waals surface area contributed by atoms with E-state index < -0.39 is 15.4 Å². The van der Waals surface area contributed by atoms with Crippen molar-refractivity contribution in [1.82, 2.24) is 0 Å². The van der Waals surface area contributed by atoms with E-state index in [1.807, 2.05) is 6.92 Å². The molecule has 30 heavy (non-hydrogen) atoms. The average Bonchev–Trinajstić information content (AvgIpc) is 2.67. The van der Waals surface area contributed by atoms with Gasteiger partial charge in [-0.05, 0) is 25.7 Å². The minimum absolute atomic E-state index is 0. The average molecular weight is 457 g/mol. The Balaban J connectivity index is 0. The van der Waals surface area contributed by atoms with Gasteiger partial charge in [0.2, 0.25) is 0 Å². The van der Waals surface area contributed by atoms with Crippen LogP contribution in [0.1, 0.15) is 142 Å². The molecule has 0 aromatic rings. The van der Waals surface area contributed by atoms with Crippen LogP contribution in [0.5, 0.6) is 0 Å². The summed E-state index contributed by atoms with van der Waals surface area (Å²) in [7, 11) is -4.17. The second-order valence-corrected chi connectivity index (χ2v) is 10.5. The van der Waals surface area contributed by atoms with E-state index in [-0.39, 0.29) is 35.7 Å². The quantitative estimate of drug-likeness (QED) is 0.151. The second kappa shape index (κ2) is 23.0. The third kappa shape index (κ3) is 22.1. The Morgan fingerprint density at radius 2 is 0.933 bits per heavy atom. The molecule has 0 radical (unpaired) electrons. The normalized spacial score (nSPS) is 13.7. The van der Waals surface area contributed by atoms with Crippen LogP contribution in [0.2, 0.25) is 0 Å². The zero-order chi connectivity index (χ0) is 21.8. The minimum atomic E-state index is -4.17. The van der Waals surface area contributed by atoms with Gasteiger partial charge in [0, 0.05) is 5.25 Å². The molecule has 0 spiro atoms. The van der Waals surface area contributed by atoms with Crippen LogP contribution in [0, 0.1) is 0 Å². The van der Waals surface area contributed by atoms with Crippen molar-refractivity contribution in [3.63, 3.8) is 0 Å². The zero-order valence-corrected chi connectivity index (χ0v) is 23.2.